The fourth-order valence-corrected chi connectivity index (χ4v) is 3.32. The molecule has 25 heavy (non-hydrogen) atoms. The van der Waals surface area contributed by atoms with Crippen molar-refractivity contribution in [2.24, 2.45) is 5.92 Å². The SMILES string of the molecule is COC(=O)[C@H](Cc1ccccc1)[C@@H]1CCCCN1C(=O)OC(C)(C)C. The Morgan fingerprint density at radius 3 is 2.48 bits per heavy atom. The molecule has 138 valence electrons. The number of carbonyl (C=O) groups is 2. The Morgan fingerprint density at radius 2 is 1.88 bits per heavy atom. The van der Waals surface area contributed by atoms with Crippen LogP contribution in [-0.4, -0.2) is 42.3 Å². The van der Waals surface area contributed by atoms with Gasteiger partial charge in [0.15, 0.2) is 0 Å². The van der Waals surface area contributed by atoms with Crippen LogP contribution in [0.3, 0.4) is 0 Å². The van der Waals surface area contributed by atoms with Crippen molar-refractivity contribution < 1.29 is 19.1 Å². The van der Waals surface area contributed by atoms with E-state index in [2.05, 4.69) is 0 Å². The number of nitrogens with zero attached hydrogens (tertiary/aromatic N) is 1. The molecule has 1 aliphatic heterocycles. The lowest BCUT2D eigenvalue weighted by Crippen LogP contribution is -2.51. The zero-order chi connectivity index (χ0) is 18.4. The molecule has 1 amide bonds. The first-order valence-corrected chi connectivity index (χ1v) is 8.93. The minimum absolute atomic E-state index is 0.198. The quantitative estimate of drug-likeness (QED) is 0.777. The number of ether oxygens (including phenoxy) is 2. The lowest BCUT2D eigenvalue weighted by Gasteiger charge is -2.39. The Balaban J connectivity index is 2.22. The van der Waals surface area contributed by atoms with Crippen molar-refractivity contribution >= 4 is 12.1 Å². The van der Waals surface area contributed by atoms with Crippen LogP contribution in [0, 0.1) is 5.92 Å². The van der Waals surface area contributed by atoms with Crippen LogP contribution in [0.25, 0.3) is 0 Å². The highest BCUT2D eigenvalue weighted by molar-refractivity contribution is 5.75. The summed E-state index contributed by atoms with van der Waals surface area (Å²) in [5, 5.41) is 0. The highest BCUT2D eigenvalue weighted by atomic mass is 16.6. The van der Waals surface area contributed by atoms with Crippen LogP contribution in [0.1, 0.15) is 45.6 Å². The van der Waals surface area contributed by atoms with Gasteiger partial charge < -0.3 is 14.4 Å². The first kappa shape index (κ1) is 19.3. The molecule has 5 nitrogen and oxygen atoms in total. The molecule has 1 heterocycles. The number of hydrogen-bond acceptors (Lipinski definition) is 4. The third-order valence-electron chi connectivity index (χ3n) is 4.44. The van der Waals surface area contributed by atoms with Crippen molar-refractivity contribution in [2.45, 2.75) is 58.1 Å². The predicted molar refractivity (Wildman–Crippen MR) is 96.2 cm³/mol. The van der Waals surface area contributed by atoms with Crippen LogP contribution in [0.5, 0.6) is 0 Å². The molecule has 0 radical (unpaired) electrons. The van der Waals surface area contributed by atoms with Gasteiger partial charge in [-0.25, -0.2) is 4.79 Å². The predicted octanol–water partition coefficient (Wildman–Crippen LogP) is 3.81. The van der Waals surface area contributed by atoms with Gasteiger partial charge in [-0.15, -0.1) is 0 Å². The molecule has 0 bridgehead atoms. The van der Waals surface area contributed by atoms with Crippen LogP contribution >= 0.6 is 0 Å². The summed E-state index contributed by atoms with van der Waals surface area (Å²) in [5.74, 6) is -0.662. The van der Waals surface area contributed by atoms with Gasteiger partial charge in [-0.2, -0.15) is 0 Å². The lowest BCUT2D eigenvalue weighted by atomic mass is 9.86. The third kappa shape index (κ3) is 5.48. The molecule has 1 aromatic rings. The maximum atomic E-state index is 12.6. The van der Waals surface area contributed by atoms with Crippen molar-refractivity contribution in [3.05, 3.63) is 35.9 Å². The van der Waals surface area contributed by atoms with E-state index in [4.69, 9.17) is 9.47 Å². The molecule has 1 aromatic carbocycles. The van der Waals surface area contributed by atoms with Crippen LogP contribution in [0.2, 0.25) is 0 Å². The van der Waals surface area contributed by atoms with Gasteiger partial charge in [0.25, 0.3) is 0 Å². The molecule has 2 atom stereocenters. The zero-order valence-electron chi connectivity index (χ0n) is 15.7. The van der Waals surface area contributed by atoms with E-state index in [0.717, 1.165) is 24.8 Å². The number of rotatable bonds is 4. The number of hydrogen-bond donors (Lipinski definition) is 0. The van der Waals surface area contributed by atoms with Crippen LogP contribution < -0.4 is 0 Å². The first-order valence-electron chi connectivity index (χ1n) is 8.93. The molecule has 5 heteroatoms. The van der Waals surface area contributed by atoms with Gasteiger partial charge >= 0.3 is 12.1 Å². The van der Waals surface area contributed by atoms with Crippen molar-refractivity contribution in [2.75, 3.05) is 13.7 Å². The Labute approximate surface area is 150 Å². The second kappa shape index (κ2) is 8.37. The molecule has 1 fully saturated rings. The number of piperidine rings is 1. The minimum Gasteiger partial charge on any atom is -0.469 e. The molecule has 0 saturated carbocycles. The number of likely N-dealkylation sites (tertiary alicyclic amines) is 1. The standard InChI is InChI=1S/C20H29NO4/c1-20(2,3)25-19(23)21-13-9-8-12-17(21)16(18(22)24-4)14-15-10-6-5-7-11-15/h5-7,10-11,16-17H,8-9,12-14H2,1-4H3/t16-,17+/m1/s1. The molecule has 2 rings (SSSR count). The second-order valence-corrected chi connectivity index (χ2v) is 7.56. The Bertz CT molecular complexity index is 579. The summed E-state index contributed by atoms with van der Waals surface area (Å²) in [6.45, 7) is 6.17. The Morgan fingerprint density at radius 1 is 1.20 bits per heavy atom. The van der Waals surface area contributed by atoms with E-state index in [1.165, 1.54) is 7.11 Å². The highest BCUT2D eigenvalue weighted by Gasteiger charge is 2.39. The van der Waals surface area contributed by atoms with Crippen LogP contribution in [0.15, 0.2) is 30.3 Å². The van der Waals surface area contributed by atoms with Gasteiger partial charge in [0, 0.05) is 12.6 Å². The zero-order valence-corrected chi connectivity index (χ0v) is 15.7. The molecule has 0 N–H and O–H groups in total. The molecule has 1 saturated heterocycles. The number of esters is 1. The fourth-order valence-electron chi connectivity index (χ4n) is 3.32. The van der Waals surface area contributed by atoms with Crippen molar-refractivity contribution in [3.8, 4) is 0 Å². The number of carbonyl (C=O) groups excluding carboxylic acids is 2. The molecular weight excluding hydrogens is 318 g/mol. The van der Waals surface area contributed by atoms with E-state index in [-0.39, 0.29) is 24.0 Å². The average molecular weight is 347 g/mol. The average Bonchev–Trinajstić information content (AvgIpc) is 2.58. The molecule has 0 aromatic heterocycles. The number of benzene rings is 1. The summed E-state index contributed by atoms with van der Waals surface area (Å²) < 4.78 is 10.6. The summed E-state index contributed by atoms with van der Waals surface area (Å²) in [6.07, 6.45) is 2.91. The number of amides is 1. The van der Waals surface area contributed by atoms with E-state index in [1.807, 2.05) is 51.1 Å². The Kier molecular flexibility index (Phi) is 6.45. The molecule has 0 aliphatic carbocycles. The van der Waals surface area contributed by atoms with Crippen LogP contribution in [-0.2, 0) is 20.7 Å². The third-order valence-corrected chi connectivity index (χ3v) is 4.44. The topological polar surface area (TPSA) is 55.8 Å². The largest absolute Gasteiger partial charge is 0.469 e. The van der Waals surface area contributed by atoms with E-state index in [9.17, 15) is 9.59 Å². The second-order valence-electron chi connectivity index (χ2n) is 7.56. The monoisotopic (exact) mass is 347 g/mol. The molecule has 1 aliphatic rings. The molecule has 0 unspecified atom stereocenters. The summed E-state index contributed by atoms with van der Waals surface area (Å²) >= 11 is 0. The maximum absolute atomic E-state index is 12.6. The molecule has 0 spiro atoms. The van der Waals surface area contributed by atoms with Gasteiger partial charge in [-0.3, -0.25) is 4.79 Å². The van der Waals surface area contributed by atoms with Gasteiger partial charge in [0.1, 0.15) is 5.60 Å². The van der Waals surface area contributed by atoms with E-state index in [0.29, 0.717) is 13.0 Å². The smallest absolute Gasteiger partial charge is 0.410 e. The van der Waals surface area contributed by atoms with Gasteiger partial charge in [0.2, 0.25) is 0 Å². The molecular formula is C20H29NO4. The summed E-state index contributed by atoms with van der Waals surface area (Å²) in [5.41, 5.74) is 0.506. The minimum atomic E-state index is -0.556. The van der Waals surface area contributed by atoms with E-state index in [1.54, 1.807) is 4.90 Å². The van der Waals surface area contributed by atoms with E-state index >= 15 is 0 Å². The van der Waals surface area contributed by atoms with Gasteiger partial charge in [-0.05, 0) is 52.0 Å². The first-order chi connectivity index (χ1) is 11.8. The highest BCUT2D eigenvalue weighted by Crippen LogP contribution is 2.28. The van der Waals surface area contributed by atoms with Crippen molar-refractivity contribution in [1.29, 1.82) is 0 Å². The van der Waals surface area contributed by atoms with Gasteiger partial charge in [0.05, 0.1) is 13.0 Å². The Hall–Kier alpha value is -2.04. The van der Waals surface area contributed by atoms with Gasteiger partial charge in [-0.1, -0.05) is 30.3 Å². The normalized spacial score (nSPS) is 19.2. The van der Waals surface area contributed by atoms with Crippen molar-refractivity contribution in [3.63, 3.8) is 0 Å². The number of methoxy groups -OCH3 is 1. The summed E-state index contributed by atoms with van der Waals surface area (Å²) in [4.78, 5) is 26.8. The van der Waals surface area contributed by atoms with Crippen LogP contribution in [0.4, 0.5) is 4.79 Å². The maximum Gasteiger partial charge on any atom is 0.410 e. The lowest BCUT2D eigenvalue weighted by molar-refractivity contribution is -0.148. The van der Waals surface area contributed by atoms with Crippen molar-refractivity contribution in [1.82, 2.24) is 4.90 Å². The fraction of sp³-hybridized carbons (Fsp3) is 0.600. The summed E-state index contributed by atoms with van der Waals surface area (Å²) in [6, 6.07) is 9.65. The summed E-state index contributed by atoms with van der Waals surface area (Å²) in [7, 11) is 1.40. The van der Waals surface area contributed by atoms with E-state index < -0.39 is 5.60 Å².